The van der Waals surface area contributed by atoms with Crippen molar-refractivity contribution < 1.29 is 0 Å². The summed E-state index contributed by atoms with van der Waals surface area (Å²) in [5.41, 5.74) is 0. The second-order valence-electron chi connectivity index (χ2n) is 4.53. The van der Waals surface area contributed by atoms with E-state index in [9.17, 15) is 0 Å². The van der Waals surface area contributed by atoms with Crippen LogP contribution in [-0.2, 0) is 12.8 Å². The number of hydrogen-bond donors (Lipinski definition) is 1. The van der Waals surface area contributed by atoms with Gasteiger partial charge in [-0.25, -0.2) is 4.98 Å². The number of thiophene rings is 1. The molecule has 0 fully saturated rings. The van der Waals surface area contributed by atoms with Crippen LogP contribution in [0.3, 0.4) is 0 Å². The van der Waals surface area contributed by atoms with E-state index in [0.29, 0.717) is 6.04 Å². The van der Waals surface area contributed by atoms with E-state index < -0.39 is 0 Å². The molecule has 98 valence electrons. The third-order valence-electron chi connectivity index (χ3n) is 2.61. The summed E-state index contributed by atoms with van der Waals surface area (Å²) in [6.45, 7) is 6.49. The minimum atomic E-state index is 0.394. The van der Waals surface area contributed by atoms with Crippen molar-refractivity contribution in [2.75, 3.05) is 5.32 Å². The van der Waals surface area contributed by atoms with E-state index in [4.69, 9.17) is 0 Å². The molecule has 0 radical (unpaired) electrons. The maximum atomic E-state index is 4.49. The van der Waals surface area contributed by atoms with E-state index in [1.54, 1.807) is 0 Å². The molecule has 0 amide bonds. The first kappa shape index (κ1) is 13.5. The quantitative estimate of drug-likeness (QED) is 0.872. The second-order valence-corrected chi connectivity index (χ2v) is 6.65. The molecule has 3 nitrogen and oxygen atoms in total. The molecule has 0 saturated carbocycles. The SMILES string of the molecule is CCCc1nsc(NC(C)Cc2ccc(C)s2)n1. The summed E-state index contributed by atoms with van der Waals surface area (Å²) in [7, 11) is 0. The zero-order chi connectivity index (χ0) is 13.0. The molecule has 0 aliphatic heterocycles. The Morgan fingerprint density at radius 3 is 2.89 bits per heavy atom. The summed E-state index contributed by atoms with van der Waals surface area (Å²) in [6.07, 6.45) is 3.11. The van der Waals surface area contributed by atoms with Gasteiger partial charge >= 0.3 is 0 Å². The number of nitrogens with zero attached hydrogens (tertiary/aromatic N) is 2. The molecule has 2 aromatic rings. The fourth-order valence-corrected chi connectivity index (χ4v) is 3.54. The van der Waals surface area contributed by atoms with E-state index in [2.05, 4.69) is 47.6 Å². The number of hydrogen-bond acceptors (Lipinski definition) is 5. The van der Waals surface area contributed by atoms with Crippen LogP contribution in [0.1, 0.15) is 35.8 Å². The first-order chi connectivity index (χ1) is 8.67. The van der Waals surface area contributed by atoms with Crippen molar-refractivity contribution in [3.05, 3.63) is 27.7 Å². The zero-order valence-corrected chi connectivity index (χ0v) is 12.7. The highest BCUT2D eigenvalue weighted by Gasteiger charge is 2.09. The highest BCUT2D eigenvalue weighted by molar-refractivity contribution is 7.11. The van der Waals surface area contributed by atoms with Gasteiger partial charge in [0.2, 0.25) is 5.13 Å². The summed E-state index contributed by atoms with van der Waals surface area (Å²) < 4.78 is 4.34. The molecule has 2 heterocycles. The number of aryl methyl sites for hydroxylation is 2. The molecule has 0 spiro atoms. The molecule has 2 rings (SSSR count). The Morgan fingerprint density at radius 1 is 1.39 bits per heavy atom. The number of aromatic nitrogens is 2. The average molecular weight is 281 g/mol. The highest BCUT2D eigenvalue weighted by Crippen LogP contribution is 2.19. The molecule has 0 saturated heterocycles. The molecule has 1 N–H and O–H groups in total. The first-order valence-corrected chi connectivity index (χ1v) is 7.90. The van der Waals surface area contributed by atoms with Gasteiger partial charge in [-0.2, -0.15) is 4.37 Å². The van der Waals surface area contributed by atoms with E-state index in [1.165, 1.54) is 21.3 Å². The van der Waals surface area contributed by atoms with Gasteiger partial charge in [0.05, 0.1) is 0 Å². The van der Waals surface area contributed by atoms with E-state index in [-0.39, 0.29) is 0 Å². The summed E-state index contributed by atoms with van der Waals surface area (Å²) in [5.74, 6) is 0.962. The van der Waals surface area contributed by atoms with Crippen molar-refractivity contribution in [2.45, 2.75) is 46.1 Å². The van der Waals surface area contributed by atoms with Gasteiger partial charge in [0, 0.05) is 40.2 Å². The summed E-state index contributed by atoms with van der Waals surface area (Å²) in [6, 6.07) is 4.78. The van der Waals surface area contributed by atoms with E-state index >= 15 is 0 Å². The number of rotatable bonds is 6. The molecule has 0 aromatic carbocycles. The van der Waals surface area contributed by atoms with E-state index in [0.717, 1.165) is 30.2 Å². The summed E-state index contributed by atoms with van der Waals surface area (Å²) in [5, 5.41) is 4.37. The van der Waals surface area contributed by atoms with Crippen LogP contribution < -0.4 is 5.32 Å². The van der Waals surface area contributed by atoms with Gasteiger partial charge in [0.15, 0.2) is 0 Å². The number of anilines is 1. The van der Waals surface area contributed by atoms with Crippen LogP contribution in [0, 0.1) is 6.92 Å². The molecule has 18 heavy (non-hydrogen) atoms. The summed E-state index contributed by atoms with van der Waals surface area (Å²) in [4.78, 5) is 7.28. The van der Waals surface area contributed by atoms with Crippen molar-refractivity contribution in [3.8, 4) is 0 Å². The van der Waals surface area contributed by atoms with Crippen LogP contribution >= 0.6 is 22.9 Å². The minimum absolute atomic E-state index is 0.394. The van der Waals surface area contributed by atoms with Crippen LogP contribution in [-0.4, -0.2) is 15.4 Å². The van der Waals surface area contributed by atoms with Crippen LogP contribution in [0.4, 0.5) is 5.13 Å². The van der Waals surface area contributed by atoms with Gasteiger partial charge in [0.1, 0.15) is 5.82 Å². The molecule has 5 heteroatoms. The van der Waals surface area contributed by atoms with Crippen LogP contribution in [0.25, 0.3) is 0 Å². The van der Waals surface area contributed by atoms with E-state index in [1.807, 2.05) is 11.3 Å². The smallest absolute Gasteiger partial charge is 0.202 e. The Labute approximate surface area is 116 Å². The van der Waals surface area contributed by atoms with Crippen molar-refractivity contribution in [1.29, 1.82) is 0 Å². The summed E-state index contributed by atoms with van der Waals surface area (Å²) >= 11 is 3.33. The lowest BCUT2D eigenvalue weighted by atomic mass is 10.2. The van der Waals surface area contributed by atoms with Crippen LogP contribution in [0.15, 0.2) is 12.1 Å². The maximum Gasteiger partial charge on any atom is 0.202 e. The molecule has 0 aliphatic rings. The first-order valence-electron chi connectivity index (χ1n) is 6.31. The number of nitrogens with one attached hydrogen (secondary N) is 1. The predicted octanol–water partition coefficient (Wildman–Crippen LogP) is 3.90. The van der Waals surface area contributed by atoms with Crippen molar-refractivity contribution >= 4 is 28.0 Å². The zero-order valence-electron chi connectivity index (χ0n) is 11.1. The largest absolute Gasteiger partial charge is 0.357 e. The molecule has 1 atom stereocenters. The molecular weight excluding hydrogens is 262 g/mol. The predicted molar refractivity (Wildman–Crippen MR) is 79.7 cm³/mol. The van der Waals surface area contributed by atoms with Crippen molar-refractivity contribution in [2.24, 2.45) is 0 Å². The topological polar surface area (TPSA) is 37.8 Å². The lowest BCUT2D eigenvalue weighted by molar-refractivity contribution is 0.794. The standard InChI is InChI=1S/C13H19N3S2/c1-4-5-12-15-13(18-16-12)14-9(2)8-11-7-6-10(3)17-11/h6-7,9H,4-5,8H2,1-3H3,(H,14,15,16). The van der Waals surface area contributed by atoms with Crippen molar-refractivity contribution in [3.63, 3.8) is 0 Å². The van der Waals surface area contributed by atoms with Gasteiger partial charge in [-0.3, -0.25) is 0 Å². The fourth-order valence-electron chi connectivity index (χ4n) is 1.80. The molecule has 1 unspecified atom stereocenters. The Bertz CT molecular complexity index is 490. The molecular formula is C13H19N3S2. The Morgan fingerprint density at radius 2 is 2.22 bits per heavy atom. The van der Waals surface area contributed by atoms with Crippen LogP contribution in [0.2, 0.25) is 0 Å². The van der Waals surface area contributed by atoms with Crippen LogP contribution in [0.5, 0.6) is 0 Å². The highest BCUT2D eigenvalue weighted by atomic mass is 32.1. The molecule has 0 bridgehead atoms. The third-order valence-corrected chi connectivity index (χ3v) is 4.32. The molecule has 2 aromatic heterocycles. The lowest BCUT2D eigenvalue weighted by Gasteiger charge is -2.10. The Balaban J connectivity index is 1.88. The fraction of sp³-hybridized carbons (Fsp3) is 0.538. The third kappa shape index (κ3) is 3.78. The van der Waals surface area contributed by atoms with Gasteiger partial charge in [0.25, 0.3) is 0 Å². The van der Waals surface area contributed by atoms with Gasteiger partial charge in [-0.1, -0.05) is 6.92 Å². The van der Waals surface area contributed by atoms with Crippen molar-refractivity contribution in [1.82, 2.24) is 9.36 Å². The normalized spacial score (nSPS) is 12.6. The second kappa shape index (κ2) is 6.29. The average Bonchev–Trinajstić information content (AvgIpc) is 2.89. The minimum Gasteiger partial charge on any atom is -0.357 e. The monoisotopic (exact) mass is 281 g/mol. The van der Waals surface area contributed by atoms with Gasteiger partial charge in [-0.05, 0) is 32.4 Å². The van der Waals surface area contributed by atoms with Gasteiger partial charge < -0.3 is 5.32 Å². The Hall–Kier alpha value is -0.940. The lowest BCUT2D eigenvalue weighted by Crippen LogP contribution is -2.17. The Kier molecular flexibility index (Phi) is 4.72. The maximum absolute atomic E-state index is 4.49. The van der Waals surface area contributed by atoms with Gasteiger partial charge in [-0.15, -0.1) is 11.3 Å². The molecule has 0 aliphatic carbocycles.